The van der Waals surface area contributed by atoms with E-state index in [2.05, 4.69) is 25.2 Å². The van der Waals surface area contributed by atoms with Crippen LogP contribution in [0.3, 0.4) is 0 Å². The van der Waals surface area contributed by atoms with Crippen LogP contribution in [0.1, 0.15) is 11.4 Å². The van der Waals surface area contributed by atoms with Crippen molar-refractivity contribution in [3.63, 3.8) is 0 Å². The van der Waals surface area contributed by atoms with E-state index in [1.807, 2.05) is 49.0 Å². The maximum atomic E-state index is 4.51. The Bertz CT molecular complexity index is 643. The number of anilines is 2. The first-order valence-corrected chi connectivity index (χ1v) is 6.98. The Labute approximate surface area is 115 Å². The zero-order chi connectivity index (χ0) is 13.1. The molecule has 2 aromatic heterocycles. The van der Waals surface area contributed by atoms with Gasteiger partial charge in [-0.1, -0.05) is 18.2 Å². The maximum Gasteiger partial charge on any atom is 0.207 e. The van der Waals surface area contributed by atoms with Gasteiger partial charge in [0.1, 0.15) is 0 Å². The third kappa shape index (κ3) is 2.82. The Morgan fingerprint density at radius 1 is 1.26 bits per heavy atom. The highest BCUT2D eigenvalue weighted by atomic mass is 32.1. The molecule has 0 spiro atoms. The minimum absolute atomic E-state index is 0.736. The number of hydrogen-bond donors (Lipinski definition) is 1. The van der Waals surface area contributed by atoms with Gasteiger partial charge in [-0.15, -0.1) is 11.3 Å². The third-order valence-corrected chi connectivity index (χ3v) is 3.38. The molecular formula is C14H14N4S. The predicted octanol–water partition coefficient (Wildman–Crippen LogP) is 3.44. The molecule has 1 aromatic carbocycles. The van der Waals surface area contributed by atoms with E-state index in [9.17, 15) is 0 Å². The van der Waals surface area contributed by atoms with Crippen molar-refractivity contribution >= 4 is 23.0 Å². The number of para-hydroxylation sites is 1. The van der Waals surface area contributed by atoms with Gasteiger partial charge in [-0.2, -0.15) is 0 Å². The van der Waals surface area contributed by atoms with Crippen LogP contribution in [0.5, 0.6) is 0 Å². The van der Waals surface area contributed by atoms with Crippen LogP contribution in [-0.4, -0.2) is 14.5 Å². The quantitative estimate of drug-likeness (QED) is 0.789. The molecule has 0 radical (unpaired) electrons. The summed E-state index contributed by atoms with van der Waals surface area (Å²) in [7, 11) is 0. The summed E-state index contributed by atoms with van der Waals surface area (Å²) in [6.07, 6.45) is 2.03. The second kappa shape index (κ2) is 5.24. The molecule has 2 heterocycles. The lowest BCUT2D eigenvalue weighted by molar-refractivity contribution is 0.788. The van der Waals surface area contributed by atoms with Gasteiger partial charge in [-0.3, -0.25) is 0 Å². The summed E-state index contributed by atoms with van der Waals surface area (Å²) in [6.45, 7) is 2.73. The molecule has 0 saturated carbocycles. The van der Waals surface area contributed by atoms with Crippen LogP contribution in [-0.2, 0) is 6.54 Å². The first kappa shape index (κ1) is 11.9. The first-order chi connectivity index (χ1) is 9.31. The van der Waals surface area contributed by atoms with Crippen LogP contribution in [0, 0.1) is 6.92 Å². The molecule has 0 atom stereocenters. The average Bonchev–Trinajstić information content (AvgIpc) is 3.02. The summed E-state index contributed by atoms with van der Waals surface area (Å²) in [5.74, 6) is 0.844. The molecule has 19 heavy (non-hydrogen) atoms. The highest BCUT2D eigenvalue weighted by molar-refractivity contribution is 7.07. The normalized spacial score (nSPS) is 10.6. The Kier molecular flexibility index (Phi) is 3.29. The molecule has 1 N–H and O–H groups in total. The number of hydrogen-bond acceptors (Lipinski definition) is 4. The van der Waals surface area contributed by atoms with Crippen molar-refractivity contribution in [1.82, 2.24) is 14.5 Å². The molecule has 0 aliphatic rings. The average molecular weight is 270 g/mol. The maximum absolute atomic E-state index is 4.51. The summed E-state index contributed by atoms with van der Waals surface area (Å²) in [5.41, 5.74) is 4.93. The zero-order valence-corrected chi connectivity index (χ0v) is 11.4. The second-order valence-corrected chi connectivity index (χ2v) is 5.02. The van der Waals surface area contributed by atoms with Crippen LogP contribution in [0.4, 0.5) is 11.6 Å². The minimum atomic E-state index is 0.736. The summed E-state index contributed by atoms with van der Waals surface area (Å²) in [6, 6.07) is 10.1. The van der Waals surface area contributed by atoms with Gasteiger partial charge in [0.15, 0.2) is 0 Å². The zero-order valence-electron chi connectivity index (χ0n) is 10.6. The molecule has 0 fully saturated rings. The van der Waals surface area contributed by atoms with Gasteiger partial charge in [-0.25, -0.2) is 9.97 Å². The fourth-order valence-corrected chi connectivity index (χ4v) is 2.46. The molecule has 0 bridgehead atoms. The van der Waals surface area contributed by atoms with Gasteiger partial charge in [0.05, 0.1) is 23.4 Å². The van der Waals surface area contributed by atoms with Crippen LogP contribution < -0.4 is 5.32 Å². The van der Waals surface area contributed by atoms with Gasteiger partial charge < -0.3 is 9.88 Å². The van der Waals surface area contributed by atoms with E-state index in [-0.39, 0.29) is 0 Å². The van der Waals surface area contributed by atoms with E-state index in [1.54, 1.807) is 11.3 Å². The molecule has 4 nitrogen and oxygen atoms in total. The van der Waals surface area contributed by atoms with Crippen molar-refractivity contribution < 1.29 is 0 Å². The molecule has 0 unspecified atom stereocenters. The number of thiazole rings is 1. The lowest BCUT2D eigenvalue weighted by atomic mass is 10.3. The summed E-state index contributed by atoms with van der Waals surface area (Å²) < 4.78 is 2.08. The minimum Gasteiger partial charge on any atom is -0.326 e. The number of rotatable bonds is 4. The van der Waals surface area contributed by atoms with Gasteiger partial charge in [0.25, 0.3) is 0 Å². The summed E-state index contributed by atoms with van der Waals surface area (Å²) in [5, 5.41) is 5.39. The molecule has 0 aliphatic heterocycles. The SMILES string of the molecule is Cc1cn(Cc2cscn2)c(Nc2ccccc2)n1. The molecule has 0 aliphatic carbocycles. The highest BCUT2D eigenvalue weighted by Gasteiger charge is 2.07. The fraction of sp³-hybridized carbons (Fsp3) is 0.143. The van der Waals surface area contributed by atoms with Crippen LogP contribution in [0.15, 0.2) is 47.4 Å². The van der Waals surface area contributed by atoms with Gasteiger partial charge in [0, 0.05) is 17.3 Å². The Balaban J connectivity index is 1.85. The third-order valence-electron chi connectivity index (χ3n) is 2.74. The van der Waals surface area contributed by atoms with Crippen molar-refractivity contribution in [3.05, 3.63) is 58.8 Å². The van der Waals surface area contributed by atoms with Crippen molar-refractivity contribution in [2.45, 2.75) is 13.5 Å². The molecule has 3 aromatic rings. The van der Waals surface area contributed by atoms with Gasteiger partial charge >= 0.3 is 0 Å². The van der Waals surface area contributed by atoms with Crippen LogP contribution in [0.2, 0.25) is 0 Å². The summed E-state index contributed by atoms with van der Waals surface area (Å²) in [4.78, 5) is 8.82. The van der Waals surface area contributed by atoms with Crippen molar-refractivity contribution in [2.24, 2.45) is 0 Å². The standard InChI is InChI=1S/C14H14N4S/c1-11-7-18(8-13-9-19-10-15-13)14(16-11)17-12-5-3-2-4-6-12/h2-7,9-10H,8H2,1H3,(H,16,17). The van der Waals surface area contributed by atoms with Crippen molar-refractivity contribution in [3.8, 4) is 0 Å². The van der Waals surface area contributed by atoms with E-state index in [4.69, 9.17) is 0 Å². The van der Waals surface area contributed by atoms with E-state index >= 15 is 0 Å². The summed E-state index contributed by atoms with van der Waals surface area (Å²) >= 11 is 1.61. The Hall–Kier alpha value is -2.14. The van der Waals surface area contributed by atoms with E-state index in [0.717, 1.165) is 29.6 Å². The first-order valence-electron chi connectivity index (χ1n) is 6.04. The number of benzene rings is 1. The molecule has 3 rings (SSSR count). The number of nitrogens with zero attached hydrogens (tertiary/aromatic N) is 3. The topological polar surface area (TPSA) is 42.7 Å². The van der Waals surface area contributed by atoms with Crippen molar-refractivity contribution in [1.29, 1.82) is 0 Å². The molecule has 96 valence electrons. The van der Waals surface area contributed by atoms with Crippen LogP contribution in [0.25, 0.3) is 0 Å². The number of imidazole rings is 1. The molecule has 0 amide bonds. The Morgan fingerprint density at radius 3 is 2.84 bits per heavy atom. The van der Waals surface area contributed by atoms with Gasteiger partial charge in [0.2, 0.25) is 5.95 Å². The van der Waals surface area contributed by atoms with Crippen LogP contribution >= 0.6 is 11.3 Å². The monoisotopic (exact) mass is 270 g/mol. The van der Waals surface area contributed by atoms with Gasteiger partial charge in [-0.05, 0) is 19.1 Å². The largest absolute Gasteiger partial charge is 0.326 e. The molecule has 5 heteroatoms. The molecular weight excluding hydrogens is 256 g/mol. The highest BCUT2D eigenvalue weighted by Crippen LogP contribution is 2.17. The lowest BCUT2D eigenvalue weighted by Gasteiger charge is -2.08. The predicted molar refractivity (Wildman–Crippen MR) is 77.9 cm³/mol. The smallest absolute Gasteiger partial charge is 0.207 e. The Morgan fingerprint density at radius 2 is 2.11 bits per heavy atom. The second-order valence-electron chi connectivity index (χ2n) is 4.30. The van der Waals surface area contributed by atoms with E-state index in [1.165, 1.54) is 0 Å². The van der Waals surface area contributed by atoms with Crippen molar-refractivity contribution in [2.75, 3.05) is 5.32 Å². The van der Waals surface area contributed by atoms with E-state index in [0.29, 0.717) is 0 Å². The molecule has 0 saturated heterocycles. The number of nitrogens with one attached hydrogen (secondary N) is 1. The number of aromatic nitrogens is 3. The lowest BCUT2D eigenvalue weighted by Crippen LogP contribution is -2.04. The fourth-order valence-electron chi connectivity index (χ4n) is 1.91. The van der Waals surface area contributed by atoms with E-state index < -0.39 is 0 Å². The number of aryl methyl sites for hydroxylation is 1.